The standard InChI is InChI=1S/C7H8.C6H5BrN2O/c1-7-5-3-2-4-6-7;1-4(10)6-8-2-5(7)3-9-6/h2-6H,1H3;2-3H,1H3. The van der Waals surface area contributed by atoms with Crippen molar-refractivity contribution in [1.29, 1.82) is 0 Å². The van der Waals surface area contributed by atoms with Crippen LogP contribution in [0.1, 0.15) is 23.1 Å². The molecule has 0 saturated carbocycles. The van der Waals surface area contributed by atoms with Gasteiger partial charge in [0.25, 0.3) is 0 Å². The van der Waals surface area contributed by atoms with Crippen LogP contribution in [0.15, 0.2) is 47.2 Å². The molecule has 0 aliphatic rings. The predicted molar refractivity (Wildman–Crippen MR) is 70.9 cm³/mol. The zero-order valence-corrected chi connectivity index (χ0v) is 11.3. The Morgan fingerprint density at radius 2 is 1.65 bits per heavy atom. The molecule has 0 aliphatic heterocycles. The van der Waals surface area contributed by atoms with Crippen LogP contribution in [-0.2, 0) is 0 Å². The fraction of sp³-hybridized carbons (Fsp3) is 0.154. The van der Waals surface area contributed by atoms with Gasteiger partial charge < -0.3 is 0 Å². The summed E-state index contributed by atoms with van der Waals surface area (Å²) in [5.74, 6) is 0.135. The van der Waals surface area contributed by atoms with Gasteiger partial charge in [0.2, 0.25) is 0 Å². The number of aromatic nitrogens is 2. The van der Waals surface area contributed by atoms with Crippen LogP contribution in [-0.4, -0.2) is 15.8 Å². The highest BCUT2D eigenvalue weighted by Crippen LogP contribution is 2.04. The Morgan fingerprint density at radius 3 is 2.00 bits per heavy atom. The number of carbonyl (C=O) groups excluding carboxylic acids is 1. The number of aryl methyl sites for hydroxylation is 1. The van der Waals surface area contributed by atoms with Crippen molar-refractivity contribution < 1.29 is 4.79 Å². The van der Waals surface area contributed by atoms with E-state index >= 15 is 0 Å². The van der Waals surface area contributed by atoms with Gasteiger partial charge in [0.05, 0.1) is 4.47 Å². The summed E-state index contributed by atoms with van der Waals surface area (Å²) in [6.45, 7) is 3.52. The molecule has 0 saturated heterocycles. The number of ketones is 1. The van der Waals surface area contributed by atoms with Crippen LogP contribution < -0.4 is 0 Å². The second-order valence-corrected chi connectivity index (χ2v) is 4.35. The minimum atomic E-state index is -0.118. The van der Waals surface area contributed by atoms with Crippen molar-refractivity contribution in [3.8, 4) is 0 Å². The molecule has 4 heteroatoms. The van der Waals surface area contributed by atoms with Gasteiger partial charge in [0.15, 0.2) is 11.6 Å². The van der Waals surface area contributed by atoms with Crippen LogP contribution in [0.2, 0.25) is 0 Å². The molecule has 1 aromatic carbocycles. The Balaban J connectivity index is 0.000000181. The second kappa shape index (κ2) is 6.91. The third kappa shape index (κ3) is 5.36. The number of carbonyl (C=O) groups is 1. The Hall–Kier alpha value is -1.55. The number of halogens is 1. The van der Waals surface area contributed by atoms with Crippen LogP contribution in [0.4, 0.5) is 0 Å². The number of rotatable bonds is 1. The summed E-state index contributed by atoms with van der Waals surface area (Å²) in [7, 11) is 0. The molecule has 0 fully saturated rings. The molecule has 1 aromatic heterocycles. The number of hydrogen-bond donors (Lipinski definition) is 0. The summed E-state index contributed by atoms with van der Waals surface area (Å²) in [6, 6.07) is 10.3. The first-order valence-corrected chi connectivity index (χ1v) is 5.89. The van der Waals surface area contributed by atoms with E-state index in [0.717, 1.165) is 4.47 Å². The monoisotopic (exact) mass is 292 g/mol. The summed E-state index contributed by atoms with van der Waals surface area (Å²) in [5.41, 5.74) is 1.32. The molecule has 2 rings (SSSR count). The van der Waals surface area contributed by atoms with E-state index in [0.29, 0.717) is 0 Å². The maximum atomic E-state index is 10.6. The van der Waals surface area contributed by atoms with Crippen molar-refractivity contribution in [3.05, 3.63) is 58.6 Å². The number of nitrogens with zero attached hydrogens (tertiary/aromatic N) is 2. The van der Waals surface area contributed by atoms with Crippen molar-refractivity contribution >= 4 is 21.7 Å². The minimum absolute atomic E-state index is 0.118. The van der Waals surface area contributed by atoms with Gasteiger partial charge in [-0.05, 0) is 22.9 Å². The van der Waals surface area contributed by atoms with Gasteiger partial charge in [0.1, 0.15) is 0 Å². The fourth-order valence-electron chi connectivity index (χ4n) is 1.03. The Kier molecular flexibility index (Phi) is 5.49. The van der Waals surface area contributed by atoms with Gasteiger partial charge in [-0.15, -0.1) is 0 Å². The molecule has 0 spiro atoms. The number of benzene rings is 1. The van der Waals surface area contributed by atoms with Crippen molar-refractivity contribution in [2.75, 3.05) is 0 Å². The molecular weight excluding hydrogens is 280 g/mol. The highest BCUT2D eigenvalue weighted by atomic mass is 79.9. The normalized spacial score (nSPS) is 9.12. The van der Waals surface area contributed by atoms with Crippen LogP contribution in [0, 0.1) is 6.92 Å². The summed E-state index contributed by atoms with van der Waals surface area (Å²) in [4.78, 5) is 18.2. The summed E-state index contributed by atoms with van der Waals surface area (Å²) < 4.78 is 0.775. The summed E-state index contributed by atoms with van der Waals surface area (Å²) >= 11 is 3.16. The molecule has 0 unspecified atom stereocenters. The van der Waals surface area contributed by atoms with Crippen LogP contribution >= 0.6 is 15.9 Å². The van der Waals surface area contributed by atoms with Gasteiger partial charge in [-0.25, -0.2) is 9.97 Å². The SMILES string of the molecule is CC(=O)c1ncc(Br)cn1.Cc1ccccc1. The van der Waals surface area contributed by atoms with E-state index in [4.69, 9.17) is 0 Å². The fourth-order valence-corrected chi connectivity index (χ4v) is 1.23. The van der Waals surface area contributed by atoms with Crippen LogP contribution in [0.3, 0.4) is 0 Å². The molecule has 0 amide bonds. The first kappa shape index (κ1) is 13.5. The number of Topliss-reactive ketones (excluding diaryl/α,β-unsaturated/α-hetero) is 1. The molecule has 88 valence electrons. The van der Waals surface area contributed by atoms with Crippen LogP contribution in [0.5, 0.6) is 0 Å². The molecule has 2 aromatic rings. The molecule has 0 N–H and O–H groups in total. The van der Waals surface area contributed by atoms with Crippen molar-refractivity contribution in [2.45, 2.75) is 13.8 Å². The highest BCUT2D eigenvalue weighted by molar-refractivity contribution is 9.10. The quantitative estimate of drug-likeness (QED) is 0.756. The van der Waals surface area contributed by atoms with E-state index in [-0.39, 0.29) is 11.6 Å². The lowest BCUT2D eigenvalue weighted by molar-refractivity contribution is 0.100. The molecule has 0 aliphatic carbocycles. The average Bonchev–Trinajstić information content (AvgIpc) is 2.31. The first-order chi connectivity index (χ1) is 8.09. The second-order valence-electron chi connectivity index (χ2n) is 3.44. The molecule has 1 heterocycles. The van der Waals surface area contributed by atoms with E-state index in [1.165, 1.54) is 12.5 Å². The van der Waals surface area contributed by atoms with Gasteiger partial charge in [0, 0.05) is 19.3 Å². The lowest BCUT2D eigenvalue weighted by atomic mass is 10.2. The van der Waals surface area contributed by atoms with E-state index in [1.54, 1.807) is 12.4 Å². The van der Waals surface area contributed by atoms with E-state index in [2.05, 4.69) is 45.0 Å². The zero-order valence-electron chi connectivity index (χ0n) is 9.72. The van der Waals surface area contributed by atoms with Crippen molar-refractivity contribution in [2.24, 2.45) is 0 Å². The van der Waals surface area contributed by atoms with E-state index in [9.17, 15) is 4.79 Å². The molecule has 0 atom stereocenters. The molecule has 0 radical (unpaired) electrons. The first-order valence-electron chi connectivity index (χ1n) is 5.09. The topological polar surface area (TPSA) is 42.9 Å². The molecular formula is C13H13BrN2O. The predicted octanol–water partition coefficient (Wildman–Crippen LogP) is 3.44. The molecule has 17 heavy (non-hydrogen) atoms. The van der Waals surface area contributed by atoms with Gasteiger partial charge in [-0.2, -0.15) is 0 Å². The number of hydrogen-bond acceptors (Lipinski definition) is 3. The van der Waals surface area contributed by atoms with E-state index < -0.39 is 0 Å². The van der Waals surface area contributed by atoms with E-state index in [1.807, 2.05) is 18.2 Å². The summed E-state index contributed by atoms with van der Waals surface area (Å²) in [5, 5.41) is 0. The van der Waals surface area contributed by atoms with Gasteiger partial charge >= 0.3 is 0 Å². The Morgan fingerprint density at radius 1 is 1.12 bits per heavy atom. The summed E-state index contributed by atoms with van der Waals surface area (Å²) in [6.07, 6.45) is 3.09. The minimum Gasteiger partial charge on any atom is -0.291 e. The molecule has 0 bridgehead atoms. The third-order valence-electron chi connectivity index (χ3n) is 1.88. The maximum Gasteiger partial charge on any atom is 0.196 e. The third-order valence-corrected chi connectivity index (χ3v) is 2.29. The van der Waals surface area contributed by atoms with Gasteiger partial charge in [-0.1, -0.05) is 35.9 Å². The zero-order chi connectivity index (χ0) is 12.7. The van der Waals surface area contributed by atoms with Gasteiger partial charge in [-0.3, -0.25) is 4.79 Å². The molecule has 3 nitrogen and oxygen atoms in total. The van der Waals surface area contributed by atoms with Crippen LogP contribution in [0.25, 0.3) is 0 Å². The smallest absolute Gasteiger partial charge is 0.196 e. The van der Waals surface area contributed by atoms with Crippen molar-refractivity contribution in [1.82, 2.24) is 9.97 Å². The average molecular weight is 293 g/mol. The Bertz CT molecular complexity index is 469. The van der Waals surface area contributed by atoms with Crippen molar-refractivity contribution in [3.63, 3.8) is 0 Å². The lowest BCUT2D eigenvalue weighted by Crippen LogP contribution is -1.98. The largest absolute Gasteiger partial charge is 0.291 e. The highest BCUT2D eigenvalue weighted by Gasteiger charge is 1.99. The lowest BCUT2D eigenvalue weighted by Gasteiger charge is -1.90. The maximum absolute atomic E-state index is 10.6. The Labute approximate surface area is 109 Å².